The number of hydrogen-bond acceptors (Lipinski definition) is 4. The summed E-state index contributed by atoms with van der Waals surface area (Å²) in [4.78, 5) is 12.6. The molecule has 0 aliphatic rings. The second kappa shape index (κ2) is 7.83. The molecule has 8 heteroatoms. The Kier molecular flexibility index (Phi) is 6.08. The van der Waals surface area contributed by atoms with Gasteiger partial charge >= 0.3 is 0 Å². The first-order chi connectivity index (χ1) is 10.5. The van der Waals surface area contributed by atoms with Crippen molar-refractivity contribution >= 4 is 57.8 Å². The molecule has 0 fully saturated rings. The summed E-state index contributed by atoms with van der Waals surface area (Å²) in [5.74, 6) is -0.0139. The van der Waals surface area contributed by atoms with Crippen molar-refractivity contribution in [3.8, 4) is 5.75 Å². The number of halogens is 3. The van der Waals surface area contributed by atoms with E-state index >= 15 is 0 Å². The largest absolute Gasteiger partial charge is 0.482 e. The molecule has 0 saturated carbocycles. The van der Waals surface area contributed by atoms with Gasteiger partial charge in [-0.15, -0.1) is 11.3 Å². The van der Waals surface area contributed by atoms with Crippen LogP contribution in [-0.4, -0.2) is 18.2 Å². The standard InChI is InChI=1S/C14H11Cl3N2O2S/c1-8(12-4-5-13(17)22-12)18-19-14(20)7-21-11-3-2-9(15)6-10(11)16/h2-6H,7H2,1H3,(H,19,20)/b18-8-. The topological polar surface area (TPSA) is 50.7 Å². The molecular weight excluding hydrogens is 367 g/mol. The fraction of sp³-hybridized carbons (Fsp3) is 0.143. The van der Waals surface area contributed by atoms with Crippen molar-refractivity contribution in [2.45, 2.75) is 6.92 Å². The Labute approximate surface area is 146 Å². The van der Waals surface area contributed by atoms with Gasteiger partial charge in [0.2, 0.25) is 0 Å². The fourth-order valence-corrected chi connectivity index (χ4v) is 2.93. The van der Waals surface area contributed by atoms with Crippen LogP contribution < -0.4 is 10.2 Å². The van der Waals surface area contributed by atoms with Crippen molar-refractivity contribution in [2.75, 3.05) is 6.61 Å². The molecule has 4 nitrogen and oxygen atoms in total. The van der Waals surface area contributed by atoms with Crippen molar-refractivity contribution in [1.29, 1.82) is 0 Å². The van der Waals surface area contributed by atoms with Crippen LogP contribution in [-0.2, 0) is 4.79 Å². The Balaban J connectivity index is 1.88. The Hall–Kier alpha value is -1.27. The molecule has 0 aliphatic heterocycles. The minimum atomic E-state index is -0.395. The minimum absolute atomic E-state index is 0.205. The van der Waals surface area contributed by atoms with E-state index in [9.17, 15) is 4.79 Å². The Morgan fingerprint density at radius 3 is 2.68 bits per heavy atom. The van der Waals surface area contributed by atoms with Crippen LogP contribution in [0.25, 0.3) is 0 Å². The van der Waals surface area contributed by atoms with Gasteiger partial charge in [-0.25, -0.2) is 5.43 Å². The van der Waals surface area contributed by atoms with Crippen molar-refractivity contribution in [3.63, 3.8) is 0 Å². The molecule has 1 aromatic heterocycles. The lowest BCUT2D eigenvalue weighted by Crippen LogP contribution is -2.25. The lowest BCUT2D eigenvalue weighted by molar-refractivity contribution is -0.123. The van der Waals surface area contributed by atoms with E-state index in [4.69, 9.17) is 39.5 Å². The summed E-state index contributed by atoms with van der Waals surface area (Å²) in [6.07, 6.45) is 0. The van der Waals surface area contributed by atoms with E-state index in [0.717, 1.165) is 4.88 Å². The minimum Gasteiger partial charge on any atom is -0.482 e. The maximum atomic E-state index is 11.7. The summed E-state index contributed by atoms with van der Waals surface area (Å²) in [7, 11) is 0. The predicted octanol–water partition coefficient (Wildman–Crippen LogP) is 4.63. The molecule has 0 saturated heterocycles. The van der Waals surface area contributed by atoms with Gasteiger partial charge in [0.1, 0.15) is 5.75 Å². The number of amides is 1. The zero-order valence-electron chi connectivity index (χ0n) is 11.4. The quantitative estimate of drug-likeness (QED) is 0.610. The number of thiophene rings is 1. The van der Waals surface area contributed by atoms with E-state index in [1.54, 1.807) is 31.2 Å². The van der Waals surface area contributed by atoms with Gasteiger partial charge in [0, 0.05) is 5.02 Å². The average molecular weight is 378 g/mol. The molecule has 0 radical (unpaired) electrons. The molecule has 1 N–H and O–H groups in total. The van der Waals surface area contributed by atoms with Gasteiger partial charge in [-0.05, 0) is 37.3 Å². The lowest BCUT2D eigenvalue weighted by atomic mass is 10.3. The molecule has 0 aliphatic carbocycles. The predicted molar refractivity (Wildman–Crippen MR) is 91.6 cm³/mol. The van der Waals surface area contributed by atoms with Crippen LogP contribution in [0.4, 0.5) is 0 Å². The maximum Gasteiger partial charge on any atom is 0.277 e. The molecule has 0 bridgehead atoms. The third-order valence-electron chi connectivity index (χ3n) is 2.53. The number of nitrogens with zero attached hydrogens (tertiary/aromatic N) is 1. The summed E-state index contributed by atoms with van der Waals surface area (Å²) < 4.78 is 5.97. The second-order valence-electron chi connectivity index (χ2n) is 4.20. The molecule has 1 heterocycles. The number of benzene rings is 1. The highest BCUT2D eigenvalue weighted by Crippen LogP contribution is 2.27. The third-order valence-corrected chi connectivity index (χ3v) is 4.40. The summed E-state index contributed by atoms with van der Waals surface area (Å²) in [5, 5.41) is 4.83. The van der Waals surface area contributed by atoms with Crippen LogP contribution in [0.2, 0.25) is 14.4 Å². The summed E-state index contributed by atoms with van der Waals surface area (Å²) in [5.41, 5.74) is 3.07. The van der Waals surface area contributed by atoms with Gasteiger partial charge in [0.05, 0.1) is 19.9 Å². The van der Waals surface area contributed by atoms with Gasteiger partial charge < -0.3 is 4.74 Å². The average Bonchev–Trinajstić information content (AvgIpc) is 2.90. The summed E-state index contributed by atoms with van der Waals surface area (Å²) in [6, 6.07) is 8.37. The summed E-state index contributed by atoms with van der Waals surface area (Å²) in [6.45, 7) is 1.57. The van der Waals surface area contributed by atoms with Crippen LogP contribution >= 0.6 is 46.1 Å². The number of ether oxygens (including phenoxy) is 1. The molecule has 2 aromatic rings. The molecule has 0 atom stereocenters. The van der Waals surface area contributed by atoms with Gasteiger partial charge in [0.15, 0.2) is 6.61 Å². The molecule has 1 aromatic carbocycles. The van der Waals surface area contributed by atoms with Gasteiger partial charge in [-0.3, -0.25) is 4.79 Å². The van der Waals surface area contributed by atoms with Crippen LogP contribution in [0.3, 0.4) is 0 Å². The number of carbonyl (C=O) groups excluding carboxylic acids is 1. The second-order valence-corrected chi connectivity index (χ2v) is 6.76. The van der Waals surface area contributed by atoms with E-state index in [1.807, 2.05) is 6.07 Å². The Bertz CT molecular complexity index is 716. The van der Waals surface area contributed by atoms with Crippen LogP contribution in [0.5, 0.6) is 5.75 Å². The molecular formula is C14H11Cl3N2O2S. The molecule has 22 heavy (non-hydrogen) atoms. The van der Waals surface area contributed by atoms with E-state index in [1.165, 1.54) is 11.3 Å². The van der Waals surface area contributed by atoms with E-state index < -0.39 is 5.91 Å². The highest BCUT2D eigenvalue weighted by Gasteiger charge is 2.07. The van der Waals surface area contributed by atoms with Crippen molar-refractivity contribution in [2.24, 2.45) is 5.10 Å². The zero-order chi connectivity index (χ0) is 16.1. The number of nitrogens with one attached hydrogen (secondary N) is 1. The smallest absolute Gasteiger partial charge is 0.277 e. The monoisotopic (exact) mass is 376 g/mol. The number of rotatable bonds is 5. The van der Waals surface area contributed by atoms with Crippen LogP contribution in [0, 0.1) is 0 Å². The van der Waals surface area contributed by atoms with Crippen molar-refractivity contribution in [3.05, 3.63) is 49.6 Å². The van der Waals surface area contributed by atoms with E-state index in [0.29, 0.717) is 25.8 Å². The van der Waals surface area contributed by atoms with Gasteiger partial charge in [-0.2, -0.15) is 5.10 Å². The number of hydrazone groups is 1. The maximum absolute atomic E-state index is 11.7. The fourth-order valence-electron chi connectivity index (χ4n) is 1.48. The lowest BCUT2D eigenvalue weighted by Gasteiger charge is -2.07. The first-order valence-corrected chi connectivity index (χ1v) is 8.07. The summed E-state index contributed by atoms with van der Waals surface area (Å²) >= 11 is 18.9. The molecule has 1 amide bonds. The van der Waals surface area contributed by atoms with Crippen LogP contribution in [0.1, 0.15) is 11.8 Å². The number of carbonyl (C=O) groups is 1. The van der Waals surface area contributed by atoms with Gasteiger partial charge in [-0.1, -0.05) is 34.8 Å². The first-order valence-electron chi connectivity index (χ1n) is 6.12. The number of hydrogen-bond donors (Lipinski definition) is 1. The SMILES string of the molecule is C/C(=N/NC(=O)COc1ccc(Cl)cc1Cl)c1ccc(Cl)s1. The van der Waals surface area contributed by atoms with Gasteiger partial charge in [0.25, 0.3) is 5.91 Å². The zero-order valence-corrected chi connectivity index (χ0v) is 14.5. The molecule has 0 unspecified atom stereocenters. The Morgan fingerprint density at radius 2 is 2.05 bits per heavy atom. The highest BCUT2D eigenvalue weighted by atomic mass is 35.5. The highest BCUT2D eigenvalue weighted by molar-refractivity contribution is 7.18. The third kappa shape index (κ3) is 4.88. The molecule has 116 valence electrons. The van der Waals surface area contributed by atoms with Crippen molar-refractivity contribution < 1.29 is 9.53 Å². The normalized spacial score (nSPS) is 11.4. The van der Waals surface area contributed by atoms with E-state index in [2.05, 4.69) is 10.5 Å². The van der Waals surface area contributed by atoms with Crippen molar-refractivity contribution in [1.82, 2.24) is 5.43 Å². The molecule has 0 spiro atoms. The Morgan fingerprint density at radius 1 is 1.27 bits per heavy atom. The first kappa shape index (κ1) is 17.1. The van der Waals surface area contributed by atoms with Crippen LogP contribution in [0.15, 0.2) is 35.4 Å². The molecule has 2 rings (SSSR count). The van der Waals surface area contributed by atoms with E-state index in [-0.39, 0.29) is 6.61 Å².